The van der Waals surface area contributed by atoms with Gasteiger partial charge in [-0.05, 0) is 12.5 Å². The highest BCUT2D eigenvalue weighted by molar-refractivity contribution is 5.87. The monoisotopic (exact) mass is 204 g/mol. The van der Waals surface area contributed by atoms with E-state index in [1.54, 1.807) is 6.92 Å². The first-order chi connectivity index (χ1) is 7.09. The van der Waals surface area contributed by atoms with E-state index < -0.39 is 5.72 Å². The van der Waals surface area contributed by atoms with Crippen LogP contribution in [0.4, 0.5) is 0 Å². The van der Waals surface area contributed by atoms with Crippen LogP contribution in [0.25, 0.3) is 0 Å². The molecule has 0 saturated carbocycles. The Labute approximate surface area is 89.3 Å². The smallest absolute Gasteiger partial charge is 0.367 e. The van der Waals surface area contributed by atoms with Crippen LogP contribution in [-0.4, -0.2) is 21.6 Å². The summed E-state index contributed by atoms with van der Waals surface area (Å²) >= 11 is 0. The fourth-order valence-electron chi connectivity index (χ4n) is 1.75. The van der Waals surface area contributed by atoms with E-state index in [0.717, 1.165) is 5.56 Å². The highest BCUT2D eigenvalue weighted by Crippen LogP contribution is 2.28. The molecule has 0 radical (unpaired) electrons. The van der Waals surface area contributed by atoms with Crippen molar-refractivity contribution in [1.82, 2.24) is 4.90 Å². The Morgan fingerprint density at radius 2 is 2.13 bits per heavy atom. The van der Waals surface area contributed by atoms with Crippen LogP contribution in [0.3, 0.4) is 0 Å². The third kappa shape index (κ3) is 1.97. The lowest BCUT2D eigenvalue weighted by Crippen LogP contribution is -2.42. The number of hydrogen-bond acceptors (Lipinski definition) is 2. The molecular weight excluding hydrogens is 190 g/mol. The van der Waals surface area contributed by atoms with E-state index in [9.17, 15) is 9.90 Å². The molecule has 1 heterocycles. The molecule has 3 heteroatoms. The second kappa shape index (κ2) is 3.59. The lowest BCUT2D eigenvalue weighted by atomic mass is 10.1. The number of rotatable bonds is 2. The van der Waals surface area contributed by atoms with E-state index in [-0.39, 0.29) is 5.91 Å². The van der Waals surface area contributed by atoms with E-state index >= 15 is 0 Å². The molecule has 0 aromatic heterocycles. The van der Waals surface area contributed by atoms with Crippen LogP contribution >= 0.6 is 0 Å². The summed E-state index contributed by atoms with van der Waals surface area (Å²) in [6.45, 7) is 2.13. The first-order valence-corrected chi connectivity index (χ1v) is 5.01. The predicted octanol–water partition coefficient (Wildman–Crippen LogP) is 1.33. The van der Waals surface area contributed by atoms with Gasteiger partial charge < -0.3 is 5.11 Å². The van der Waals surface area contributed by atoms with Crippen LogP contribution in [0.15, 0.2) is 30.3 Å². The van der Waals surface area contributed by atoms with Gasteiger partial charge in [-0.1, -0.05) is 30.3 Å². The third-order valence-electron chi connectivity index (χ3n) is 2.69. The number of likely N-dealkylation sites (tertiary alicyclic amines) is 1. The molecular formula is C12H14NO2+. The van der Waals surface area contributed by atoms with Crippen molar-refractivity contribution in [3.8, 4) is 0 Å². The SMILES string of the molecule is CC1(O)C[CH+]C(=O)N1Cc1ccccc1. The van der Waals surface area contributed by atoms with Crippen molar-refractivity contribution in [2.45, 2.75) is 25.6 Å². The summed E-state index contributed by atoms with van der Waals surface area (Å²) in [5, 5.41) is 9.96. The molecule has 15 heavy (non-hydrogen) atoms. The minimum absolute atomic E-state index is 0.0937. The Kier molecular flexibility index (Phi) is 2.40. The van der Waals surface area contributed by atoms with Gasteiger partial charge in [0.1, 0.15) is 6.42 Å². The second-order valence-electron chi connectivity index (χ2n) is 4.04. The number of hydrogen-bond donors (Lipinski definition) is 1. The van der Waals surface area contributed by atoms with Gasteiger partial charge in [-0.2, -0.15) is 0 Å². The van der Waals surface area contributed by atoms with Crippen LogP contribution in [0, 0.1) is 6.42 Å². The molecule has 1 aromatic carbocycles. The summed E-state index contributed by atoms with van der Waals surface area (Å²) in [7, 11) is 0. The molecule has 0 bridgehead atoms. The molecule has 1 N–H and O–H groups in total. The molecule has 1 amide bonds. The predicted molar refractivity (Wildman–Crippen MR) is 56.5 cm³/mol. The summed E-state index contributed by atoms with van der Waals surface area (Å²) in [5.74, 6) is -0.0937. The largest absolute Gasteiger partial charge is 0.407 e. The molecule has 2 rings (SSSR count). The first-order valence-electron chi connectivity index (χ1n) is 5.01. The zero-order valence-corrected chi connectivity index (χ0v) is 8.68. The zero-order chi connectivity index (χ0) is 10.9. The highest BCUT2D eigenvalue weighted by atomic mass is 16.3. The van der Waals surface area contributed by atoms with E-state index in [0.29, 0.717) is 13.0 Å². The summed E-state index contributed by atoms with van der Waals surface area (Å²) < 4.78 is 0. The quantitative estimate of drug-likeness (QED) is 0.738. The molecule has 3 nitrogen and oxygen atoms in total. The van der Waals surface area contributed by atoms with Crippen LogP contribution in [0.1, 0.15) is 18.9 Å². The maximum absolute atomic E-state index is 11.5. The van der Waals surface area contributed by atoms with Crippen LogP contribution < -0.4 is 0 Å². The first kappa shape index (κ1) is 10.1. The Balaban J connectivity index is 2.15. The standard InChI is InChI=1S/C12H14NO2/c1-12(15)8-7-11(14)13(12)9-10-5-3-2-4-6-10/h2-7,15H,8-9H2,1H3/q+1. The average molecular weight is 204 g/mol. The number of carbonyl (C=O) groups excluding carboxylic acids is 1. The number of aliphatic hydroxyl groups is 1. The minimum atomic E-state index is -1.03. The third-order valence-corrected chi connectivity index (χ3v) is 2.69. The topological polar surface area (TPSA) is 40.5 Å². The molecule has 0 spiro atoms. The van der Waals surface area contributed by atoms with Gasteiger partial charge in [-0.25, -0.2) is 4.79 Å². The molecule has 78 valence electrons. The molecule has 1 aliphatic heterocycles. The highest BCUT2D eigenvalue weighted by Gasteiger charge is 2.47. The molecule has 1 fully saturated rings. The lowest BCUT2D eigenvalue weighted by Gasteiger charge is -2.25. The Morgan fingerprint density at radius 3 is 2.67 bits per heavy atom. The van der Waals surface area contributed by atoms with Crippen LogP contribution in [0.5, 0.6) is 0 Å². The van der Waals surface area contributed by atoms with Gasteiger partial charge >= 0.3 is 5.91 Å². The van der Waals surface area contributed by atoms with Gasteiger partial charge in [0.25, 0.3) is 0 Å². The Hall–Kier alpha value is -1.48. The number of carbonyl (C=O) groups is 1. The van der Waals surface area contributed by atoms with Crippen LogP contribution in [0.2, 0.25) is 0 Å². The van der Waals surface area contributed by atoms with Crippen molar-refractivity contribution in [3.05, 3.63) is 42.3 Å². The summed E-state index contributed by atoms with van der Waals surface area (Å²) in [6, 6.07) is 9.67. The fraction of sp³-hybridized carbons (Fsp3) is 0.333. The fourth-order valence-corrected chi connectivity index (χ4v) is 1.75. The minimum Gasteiger partial charge on any atom is -0.367 e. The van der Waals surface area contributed by atoms with Gasteiger partial charge in [0.15, 0.2) is 12.1 Å². The zero-order valence-electron chi connectivity index (χ0n) is 8.68. The average Bonchev–Trinajstić information content (AvgIpc) is 2.47. The summed E-state index contributed by atoms with van der Waals surface area (Å²) in [6.07, 6.45) is 1.93. The number of amides is 1. The van der Waals surface area contributed by atoms with Crippen molar-refractivity contribution in [3.63, 3.8) is 0 Å². The molecule has 1 aliphatic rings. The van der Waals surface area contributed by atoms with Gasteiger partial charge in [0.05, 0.1) is 6.54 Å². The summed E-state index contributed by atoms with van der Waals surface area (Å²) in [4.78, 5) is 13.0. The van der Waals surface area contributed by atoms with Crippen molar-refractivity contribution in [2.24, 2.45) is 0 Å². The summed E-state index contributed by atoms with van der Waals surface area (Å²) in [5.41, 5.74) is -0.00570. The Morgan fingerprint density at radius 1 is 1.47 bits per heavy atom. The van der Waals surface area contributed by atoms with E-state index in [4.69, 9.17) is 0 Å². The molecule has 1 aromatic rings. The van der Waals surface area contributed by atoms with Crippen molar-refractivity contribution < 1.29 is 9.90 Å². The van der Waals surface area contributed by atoms with Gasteiger partial charge in [-0.15, -0.1) is 0 Å². The van der Waals surface area contributed by atoms with Gasteiger partial charge in [0, 0.05) is 0 Å². The van der Waals surface area contributed by atoms with E-state index in [1.165, 1.54) is 11.3 Å². The molecule has 1 unspecified atom stereocenters. The van der Waals surface area contributed by atoms with E-state index in [2.05, 4.69) is 0 Å². The number of benzene rings is 1. The maximum Gasteiger partial charge on any atom is 0.407 e. The van der Waals surface area contributed by atoms with Crippen LogP contribution in [-0.2, 0) is 11.3 Å². The molecule has 0 aliphatic carbocycles. The molecule has 1 saturated heterocycles. The normalized spacial score (nSPS) is 25.5. The number of nitrogens with zero attached hydrogens (tertiary/aromatic N) is 1. The maximum atomic E-state index is 11.5. The van der Waals surface area contributed by atoms with E-state index in [1.807, 2.05) is 30.3 Å². The van der Waals surface area contributed by atoms with Gasteiger partial charge in [0.2, 0.25) is 0 Å². The Bertz CT molecular complexity index is 359. The van der Waals surface area contributed by atoms with Crippen molar-refractivity contribution in [2.75, 3.05) is 0 Å². The lowest BCUT2D eigenvalue weighted by molar-refractivity contribution is -0.142. The van der Waals surface area contributed by atoms with Crippen molar-refractivity contribution >= 4 is 5.91 Å². The molecule has 1 atom stereocenters. The van der Waals surface area contributed by atoms with Gasteiger partial charge in [-0.3, -0.25) is 4.90 Å². The van der Waals surface area contributed by atoms with Crippen molar-refractivity contribution in [1.29, 1.82) is 0 Å². The second-order valence-corrected chi connectivity index (χ2v) is 4.04.